The molecule has 9 heteroatoms. The fourth-order valence-corrected chi connectivity index (χ4v) is 5.53. The first-order chi connectivity index (χ1) is 18.7. The summed E-state index contributed by atoms with van der Waals surface area (Å²) in [4.78, 5) is 21.9. The number of fused-ring (bicyclic) bond motifs is 2. The smallest absolute Gasteiger partial charge is 0.139 e. The van der Waals surface area contributed by atoms with Crippen molar-refractivity contribution in [3.63, 3.8) is 0 Å². The van der Waals surface area contributed by atoms with Crippen molar-refractivity contribution in [1.29, 1.82) is 0 Å². The van der Waals surface area contributed by atoms with Gasteiger partial charge in [0.2, 0.25) is 0 Å². The maximum Gasteiger partial charge on any atom is 0.139 e. The Morgan fingerprint density at radius 2 is 2.00 bits per heavy atom. The van der Waals surface area contributed by atoms with E-state index in [9.17, 15) is 0 Å². The maximum absolute atomic E-state index is 5.01. The highest BCUT2D eigenvalue weighted by molar-refractivity contribution is 5.95. The third kappa shape index (κ3) is 4.24. The molecule has 7 rings (SSSR count). The molecule has 6 aromatic rings. The van der Waals surface area contributed by atoms with Crippen LogP contribution in [0.3, 0.4) is 0 Å². The fraction of sp³-hybridized carbons (Fsp3) is 0.276. The maximum atomic E-state index is 5.01. The second-order valence-corrected chi connectivity index (χ2v) is 10.2. The van der Waals surface area contributed by atoms with E-state index < -0.39 is 0 Å². The molecular formula is C29H29N9. The Labute approximate surface area is 219 Å². The van der Waals surface area contributed by atoms with Crippen molar-refractivity contribution in [1.82, 2.24) is 45.0 Å². The van der Waals surface area contributed by atoms with E-state index >= 15 is 0 Å². The van der Waals surface area contributed by atoms with E-state index in [0.29, 0.717) is 0 Å². The quantitative estimate of drug-likeness (QED) is 0.271. The first-order valence-electron chi connectivity index (χ1n) is 13.2. The lowest BCUT2D eigenvalue weighted by molar-refractivity contribution is 0.489. The highest BCUT2D eigenvalue weighted by Gasteiger charge is 2.17. The molecular weight excluding hydrogens is 474 g/mol. The predicted octanol–water partition coefficient (Wildman–Crippen LogP) is 5.34. The Hall–Kier alpha value is -4.37. The van der Waals surface area contributed by atoms with Crippen LogP contribution in [0.5, 0.6) is 0 Å². The Morgan fingerprint density at radius 1 is 1.08 bits per heavy atom. The van der Waals surface area contributed by atoms with Crippen molar-refractivity contribution in [3.8, 4) is 28.3 Å². The van der Waals surface area contributed by atoms with E-state index in [1.165, 1.54) is 31.2 Å². The van der Waals surface area contributed by atoms with Gasteiger partial charge in [-0.25, -0.2) is 15.0 Å². The summed E-state index contributed by atoms with van der Waals surface area (Å²) in [5, 5.41) is 12.4. The van der Waals surface area contributed by atoms with Gasteiger partial charge in [0.05, 0.1) is 34.6 Å². The van der Waals surface area contributed by atoms with Gasteiger partial charge in [-0.3, -0.25) is 10.1 Å². The van der Waals surface area contributed by atoms with Crippen LogP contribution >= 0.6 is 0 Å². The number of aryl methyl sites for hydroxylation is 1. The average molecular weight is 504 g/mol. The lowest BCUT2D eigenvalue weighted by atomic mass is 10.1. The topological polar surface area (TPSA) is 113 Å². The number of hydrogen-bond acceptors (Lipinski definition) is 6. The molecule has 0 spiro atoms. The number of imidazole rings is 1. The van der Waals surface area contributed by atoms with Crippen molar-refractivity contribution in [2.75, 3.05) is 6.54 Å². The van der Waals surface area contributed by atoms with Crippen LogP contribution in [0, 0.1) is 12.8 Å². The molecule has 0 radical (unpaired) electrons. The first-order valence-corrected chi connectivity index (χ1v) is 13.2. The van der Waals surface area contributed by atoms with Gasteiger partial charge < -0.3 is 14.9 Å². The first kappa shape index (κ1) is 22.8. The summed E-state index contributed by atoms with van der Waals surface area (Å²) in [5.74, 6) is 0.815. The Kier molecular flexibility index (Phi) is 5.70. The molecule has 0 aliphatic heterocycles. The number of aromatic nitrogens is 8. The van der Waals surface area contributed by atoms with Crippen LogP contribution in [0.4, 0.5) is 0 Å². The molecule has 1 fully saturated rings. The lowest BCUT2D eigenvalue weighted by Gasteiger charge is -2.11. The zero-order valence-electron chi connectivity index (χ0n) is 21.3. The summed E-state index contributed by atoms with van der Waals surface area (Å²) in [6.45, 7) is 3.88. The number of hydrogen-bond donors (Lipinski definition) is 3. The minimum absolute atomic E-state index is 0.759. The fourth-order valence-electron chi connectivity index (χ4n) is 5.53. The Morgan fingerprint density at radius 3 is 2.87 bits per heavy atom. The molecule has 1 saturated carbocycles. The van der Waals surface area contributed by atoms with Crippen LogP contribution in [0.15, 0.2) is 61.4 Å². The van der Waals surface area contributed by atoms with Gasteiger partial charge in [-0.2, -0.15) is 5.10 Å². The SMILES string of the molecule is Cc1cn(-c2ccnc3[nH]c(-c4n[nH]c5ccc(-c6cncc(CNCC7CCCC7)c6)nc45)cc23)cn1. The summed E-state index contributed by atoms with van der Waals surface area (Å²) in [5.41, 5.74) is 9.09. The number of rotatable bonds is 7. The van der Waals surface area contributed by atoms with E-state index in [4.69, 9.17) is 4.98 Å². The number of pyridine rings is 3. The van der Waals surface area contributed by atoms with Crippen LogP contribution in [0.25, 0.3) is 50.4 Å². The van der Waals surface area contributed by atoms with Gasteiger partial charge in [-0.15, -0.1) is 0 Å². The van der Waals surface area contributed by atoms with Crippen LogP contribution in [0.2, 0.25) is 0 Å². The van der Waals surface area contributed by atoms with Gasteiger partial charge >= 0.3 is 0 Å². The van der Waals surface area contributed by atoms with Crippen molar-refractivity contribution in [2.24, 2.45) is 5.92 Å². The molecule has 6 heterocycles. The number of nitrogens with zero attached hydrogens (tertiary/aromatic N) is 6. The minimum Gasteiger partial charge on any atom is -0.338 e. The van der Waals surface area contributed by atoms with Crippen LogP contribution < -0.4 is 5.32 Å². The molecule has 0 unspecified atom stereocenters. The molecule has 190 valence electrons. The van der Waals surface area contributed by atoms with E-state index in [0.717, 1.165) is 75.1 Å². The van der Waals surface area contributed by atoms with E-state index in [1.807, 2.05) is 54.6 Å². The number of aromatic amines is 2. The van der Waals surface area contributed by atoms with Gasteiger partial charge in [0.25, 0.3) is 0 Å². The van der Waals surface area contributed by atoms with Crippen LogP contribution in [-0.4, -0.2) is 46.2 Å². The number of H-pyrrole nitrogens is 2. The van der Waals surface area contributed by atoms with E-state index in [2.05, 4.69) is 47.6 Å². The minimum atomic E-state index is 0.759. The van der Waals surface area contributed by atoms with Gasteiger partial charge in [0, 0.05) is 42.3 Å². The van der Waals surface area contributed by atoms with Crippen LogP contribution in [0.1, 0.15) is 36.9 Å². The summed E-state index contributed by atoms with van der Waals surface area (Å²) >= 11 is 0. The molecule has 3 N–H and O–H groups in total. The molecule has 38 heavy (non-hydrogen) atoms. The summed E-state index contributed by atoms with van der Waals surface area (Å²) in [6.07, 6.45) is 14.9. The summed E-state index contributed by atoms with van der Waals surface area (Å²) < 4.78 is 2.01. The lowest BCUT2D eigenvalue weighted by Crippen LogP contribution is -2.20. The Balaban J connectivity index is 1.20. The molecule has 0 amide bonds. The van der Waals surface area contributed by atoms with Gasteiger partial charge in [-0.1, -0.05) is 12.8 Å². The molecule has 1 aliphatic carbocycles. The van der Waals surface area contributed by atoms with Gasteiger partial charge in [0.15, 0.2) is 0 Å². The molecule has 0 saturated heterocycles. The zero-order valence-corrected chi connectivity index (χ0v) is 21.3. The van der Waals surface area contributed by atoms with Crippen molar-refractivity contribution in [3.05, 3.63) is 72.7 Å². The normalized spacial score (nSPS) is 14.2. The second-order valence-electron chi connectivity index (χ2n) is 10.2. The van der Waals surface area contributed by atoms with Crippen molar-refractivity contribution in [2.45, 2.75) is 39.2 Å². The third-order valence-corrected chi connectivity index (χ3v) is 7.49. The highest BCUT2D eigenvalue weighted by atomic mass is 15.1. The monoisotopic (exact) mass is 503 g/mol. The zero-order chi connectivity index (χ0) is 25.5. The van der Waals surface area contributed by atoms with E-state index in [1.54, 1.807) is 6.20 Å². The van der Waals surface area contributed by atoms with Crippen LogP contribution in [-0.2, 0) is 6.54 Å². The largest absolute Gasteiger partial charge is 0.338 e. The molecule has 6 aromatic heterocycles. The molecule has 9 nitrogen and oxygen atoms in total. The van der Waals surface area contributed by atoms with Crippen molar-refractivity contribution < 1.29 is 0 Å². The molecule has 1 aliphatic rings. The second kappa shape index (κ2) is 9.50. The summed E-state index contributed by atoms with van der Waals surface area (Å²) in [7, 11) is 0. The number of nitrogens with one attached hydrogen (secondary N) is 3. The molecule has 0 bridgehead atoms. The highest BCUT2D eigenvalue weighted by Crippen LogP contribution is 2.31. The molecule has 0 atom stereocenters. The van der Waals surface area contributed by atoms with Crippen molar-refractivity contribution >= 4 is 22.1 Å². The third-order valence-electron chi connectivity index (χ3n) is 7.49. The van der Waals surface area contributed by atoms with Gasteiger partial charge in [0.1, 0.15) is 16.9 Å². The average Bonchev–Trinajstić information content (AvgIpc) is 3.74. The van der Waals surface area contributed by atoms with Gasteiger partial charge in [-0.05, 0) is 68.1 Å². The standard InChI is InChI=1S/C29H29N9/c1-18-16-38(17-33-18)26-8-9-32-29-22(26)11-25(35-29)28-27-24(36-37-28)7-6-23(34-27)21-10-20(14-31-15-21)13-30-12-19-4-2-3-5-19/h6-11,14-17,19,30H,2-5,12-13H2,1H3,(H,32,35)(H,36,37). The Bertz CT molecular complexity index is 1740. The molecule has 0 aromatic carbocycles. The predicted molar refractivity (Wildman–Crippen MR) is 148 cm³/mol. The summed E-state index contributed by atoms with van der Waals surface area (Å²) in [6, 6.07) is 10.3. The van der Waals surface area contributed by atoms with E-state index in [-0.39, 0.29) is 0 Å².